The van der Waals surface area contributed by atoms with Crippen molar-refractivity contribution in [2.45, 2.75) is 18.9 Å². The van der Waals surface area contributed by atoms with Crippen LogP contribution in [0, 0.1) is 17.1 Å². The van der Waals surface area contributed by atoms with E-state index in [4.69, 9.17) is 14.4 Å². The lowest BCUT2D eigenvalue weighted by Crippen LogP contribution is -2.18. The van der Waals surface area contributed by atoms with Gasteiger partial charge in [-0.2, -0.15) is 10.2 Å². The van der Waals surface area contributed by atoms with Gasteiger partial charge in [0.2, 0.25) is 17.5 Å². The summed E-state index contributed by atoms with van der Waals surface area (Å²) < 4.78 is 23.9. The van der Waals surface area contributed by atoms with Gasteiger partial charge in [-0.1, -0.05) is 12.1 Å². The number of nitrogens with one attached hydrogen (secondary N) is 1. The molecule has 0 bridgehead atoms. The molecule has 0 amide bonds. The Balaban J connectivity index is 1.68. The van der Waals surface area contributed by atoms with E-state index in [1.807, 2.05) is 6.07 Å². The van der Waals surface area contributed by atoms with Crippen molar-refractivity contribution in [1.82, 2.24) is 4.98 Å². The first-order chi connectivity index (χ1) is 11.2. The topological polar surface area (TPSA) is 71.1 Å². The fourth-order valence-corrected chi connectivity index (χ4v) is 2.36. The summed E-state index contributed by atoms with van der Waals surface area (Å²) in [6.07, 6.45) is 5.59. The van der Waals surface area contributed by atoms with Crippen LogP contribution in [0.2, 0.25) is 0 Å². The Hall–Kier alpha value is -2.65. The number of anilines is 1. The smallest absolute Gasteiger partial charge is 0.232 e. The number of benzene rings is 1. The Morgan fingerprint density at radius 1 is 1.35 bits per heavy atom. The van der Waals surface area contributed by atoms with Gasteiger partial charge >= 0.3 is 0 Å². The first kappa shape index (κ1) is 15.3. The van der Waals surface area contributed by atoms with Crippen molar-refractivity contribution < 1.29 is 13.5 Å². The van der Waals surface area contributed by atoms with Gasteiger partial charge in [0.25, 0.3) is 0 Å². The fourth-order valence-electron chi connectivity index (χ4n) is 2.36. The summed E-state index contributed by atoms with van der Waals surface area (Å²) in [6, 6.07) is 8.06. The van der Waals surface area contributed by atoms with Crippen LogP contribution in [-0.2, 0) is 4.74 Å². The van der Waals surface area contributed by atoms with E-state index in [1.165, 1.54) is 12.1 Å². The maximum absolute atomic E-state index is 12.9. The van der Waals surface area contributed by atoms with E-state index >= 15 is 0 Å². The zero-order chi connectivity index (χ0) is 16.1. The van der Waals surface area contributed by atoms with E-state index in [0.717, 1.165) is 25.0 Å². The standard InChI is InChI=1S/C17H16FN3O2/c18-13-6-3-12(4-7-13)5-8-16-21-15(10-19)17(23-16)20-11-14-2-1-9-22-14/h3-8,14,20H,1-2,9,11H2/b8-5+/t14-/m0/s1. The Kier molecular flexibility index (Phi) is 4.69. The summed E-state index contributed by atoms with van der Waals surface area (Å²) >= 11 is 0. The fraction of sp³-hybridized carbons (Fsp3) is 0.294. The van der Waals surface area contributed by atoms with Crippen LogP contribution >= 0.6 is 0 Å². The number of ether oxygens (including phenoxy) is 1. The highest BCUT2D eigenvalue weighted by molar-refractivity contribution is 5.67. The third-order valence-electron chi connectivity index (χ3n) is 3.55. The predicted molar refractivity (Wildman–Crippen MR) is 84.0 cm³/mol. The van der Waals surface area contributed by atoms with E-state index < -0.39 is 0 Å². The van der Waals surface area contributed by atoms with Crippen LogP contribution in [-0.4, -0.2) is 24.2 Å². The quantitative estimate of drug-likeness (QED) is 0.915. The first-order valence-electron chi connectivity index (χ1n) is 7.44. The monoisotopic (exact) mass is 313 g/mol. The van der Waals surface area contributed by atoms with Gasteiger partial charge in [-0.05, 0) is 36.6 Å². The molecule has 5 nitrogen and oxygen atoms in total. The van der Waals surface area contributed by atoms with E-state index in [9.17, 15) is 4.39 Å². The second-order valence-electron chi connectivity index (χ2n) is 5.24. The van der Waals surface area contributed by atoms with Gasteiger partial charge in [0, 0.05) is 19.2 Å². The molecule has 1 N–H and O–H groups in total. The average molecular weight is 313 g/mol. The molecule has 0 spiro atoms. The van der Waals surface area contributed by atoms with Crippen LogP contribution in [0.25, 0.3) is 12.2 Å². The lowest BCUT2D eigenvalue weighted by Gasteiger charge is -2.09. The maximum atomic E-state index is 12.9. The van der Waals surface area contributed by atoms with Crippen LogP contribution < -0.4 is 5.32 Å². The molecule has 1 aromatic carbocycles. The molecule has 1 aromatic heterocycles. The molecule has 1 fully saturated rings. The summed E-state index contributed by atoms with van der Waals surface area (Å²) in [5.41, 5.74) is 1.03. The van der Waals surface area contributed by atoms with Crippen molar-refractivity contribution in [3.05, 3.63) is 47.2 Å². The SMILES string of the molecule is N#Cc1nc(/C=C/c2ccc(F)cc2)oc1NC[C@@H]1CCCO1. The number of nitrogens with zero attached hydrogens (tertiary/aromatic N) is 2. The average Bonchev–Trinajstić information content (AvgIpc) is 3.21. The molecule has 0 unspecified atom stereocenters. The number of aromatic nitrogens is 1. The molecule has 1 aliphatic rings. The van der Waals surface area contributed by atoms with Crippen LogP contribution in [0.1, 0.15) is 30.0 Å². The van der Waals surface area contributed by atoms with Crippen molar-refractivity contribution in [3.8, 4) is 6.07 Å². The molecule has 3 rings (SSSR count). The number of hydrogen-bond acceptors (Lipinski definition) is 5. The molecule has 0 radical (unpaired) electrons. The summed E-state index contributed by atoms with van der Waals surface area (Å²) in [7, 11) is 0. The molecule has 1 atom stereocenters. The van der Waals surface area contributed by atoms with Crippen molar-refractivity contribution in [1.29, 1.82) is 5.26 Å². The summed E-state index contributed by atoms with van der Waals surface area (Å²) in [6.45, 7) is 1.37. The minimum Gasteiger partial charge on any atom is -0.420 e. The zero-order valence-corrected chi connectivity index (χ0v) is 12.5. The lowest BCUT2D eigenvalue weighted by atomic mass is 10.2. The van der Waals surface area contributed by atoms with E-state index in [1.54, 1.807) is 24.3 Å². The molecule has 118 valence electrons. The predicted octanol–water partition coefficient (Wildman–Crippen LogP) is 3.45. The molecule has 1 aliphatic heterocycles. The molecule has 0 saturated carbocycles. The van der Waals surface area contributed by atoms with Gasteiger partial charge in [-0.3, -0.25) is 0 Å². The number of rotatable bonds is 5. The molecule has 2 aromatic rings. The highest BCUT2D eigenvalue weighted by Gasteiger charge is 2.17. The van der Waals surface area contributed by atoms with Crippen LogP contribution in [0.3, 0.4) is 0 Å². The molecular weight excluding hydrogens is 297 g/mol. The minimum atomic E-state index is -0.286. The van der Waals surface area contributed by atoms with Crippen molar-refractivity contribution in [2.75, 3.05) is 18.5 Å². The molecule has 6 heteroatoms. The Labute approximate surface area is 133 Å². The van der Waals surface area contributed by atoms with Gasteiger partial charge < -0.3 is 14.5 Å². The molecule has 1 saturated heterocycles. The third kappa shape index (κ3) is 3.96. The van der Waals surface area contributed by atoms with Crippen LogP contribution in [0.5, 0.6) is 0 Å². The normalized spacial score (nSPS) is 17.5. The molecule has 23 heavy (non-hydrogen) atoms. The second kappa shape index (κ2) is 7.07. The van der Waals surface area contributed by atoms with Crippen molar-refractivity contribution >= 4 is 18.0 Å². The summed E-state index contributed by atoms with van der Waals surface area (Å²) in [5, 5.41) is 12.2. The van der Waals surface area contributed by atoms with Gasteiger partial charge in [0.15, 0.2) is 0 Å². The van der Waals surface area contributed by atoms with E-state index in [2.05, 4.69) is 10.3 Å². The summed E-state index contributed by atoms with van der Waals surface area (Å²) in [5.74, 6) is 0.383. The summed E-state index contributed by atoms with van der Waals surface area (Å²) in [4.78, 5) is 4.11. The molecule has 2 heterocycles. The number of nitriles is 1. The van der Waals surface area contributed by atoms with Crippen LogP contribution in [0.4, 0.5) is 10.3 Å². The van der Waals surface area contributed by atoms with Crippen molar-refractivity contribution in [3.63, 3.8) is 0 Å². The lowest BCUT2D eigenvalue weighted by molar-refractivity contribution is 0.120. The highest BCUT2D eigenvalue weighted by Crippen LogP contribution is 2.20. The number of oxazole rings is 1. The highest BCUT2D eigenvalue weighted by atomic mass is 19.1. The van der Waals surface area contributed by atoms with Gasteiger partial charge in [-0.25, -0.2) is 4.39 Å². The second-order valence-corrected chi connectivity index (χ2v) is 5.24. The van der Waals surface area contributed by atoms with E-state index in [0.29, 0.717) is 18.3 Å². The van der Waals surface area contributed by atoms with Gasteiger partial charge in [-0.15, -0.1) is 0 Å². The van der Waals surface area contributed by atoms with E-state index in [-0.39, 0.29) is 17.6 Å². The minimum absolute atomic E-state index is 0.143. The van der Waals surface area contributed by atoms with Crippen LogP contribution in [0.15, 0.2) is 28.7 Å². The zero-order valence-electron chi connectivity index (χ0n) is 12.5. The third-order valence-corrected chi connectivity index (χ3v) is 3.55. The first-order valence-corrected chi connectivity index (χ1v) is 7.44. The Morgan fingerprint density at radius 2 is 2.17 bits per heavy atom. The van der Waals surface area contributed by atoms with Gasteiger partial charge in [0.05, 0.1) is 6.10 Å². The van der Waals surface area contributed by atoms with Crippen molar-refractivity contribution in [2.24, 2.45) is 0 Å². The maximum Gasteiger partial charge on any atom is 0.232 e. The molecule has 0 aliphatic carbocycles. The Morgan fingerprint density at radius 3 is 2.87 bits per heavy atom. The molecular formula is C17H16FN3O2. The van der Waals surface area contributed by atoms with Gasteiger partial charge in [0.1, 0.15) is 11.9 Å². The Bertz CT molecular complexity index is 725. The number of hydrogen-bond donors (Lipinski definition) is 1. The number of halogens is 1. The largest absolute Gasteiger partial charge is 0.420 e.